The molecule has 1 N–H and O–H groups in total. The Kier molecular flexibility index (Phi) is 7.72. The van der Waals surface area contributed by atoms with E-state index in [1.807, 2.05) is 24.3 Å². The number of hydrogen-bond donors (Lipinski definition) is 1. The minimum absolute atomic E-state index is 0.0300. The molecule has 0 aliphatic rings. The molecule has 5 aromatic rings. The predicted molar refractivity (Wildman–Crippen MR) is 165 cm³/mol. The average molecular weight is 603 g/mol. The van der Waals surface area contributed by atoms with Gasteiger partial charge in [-0.1, -0.05) is 44.5 Å². The quantitative estimate of drug-likeness (QED) is 0.172. The van der Waals surface area contributed by atoms with E-state index in [1.54, 1.807) is 93.0 Å². The van der Waals surface area contributed by atoms with Crippen LogP contribution in [-0.2, 0) is 17.8 Å². The molecule has 0 amide bonds. The van der Waals surface area contributed by atoms with Crippen molar-refractivity contribution in [1.82, 2.24) is 9.38 Å². The van der Waals surface area contributed by atoms with Crippen molar-refractivity contribution in [1.29, 1.82) is 0 Å². The highest BCUT2D eigenvalue weighted by molar-refractivity contribution is 7.18. The van der Waals surface area contributed by atoms with Gasteiger partial charge in [0.25, 0.3) is 0 Å². The van der Waals surface area contributed by atoms with Gasteiger partial charge in [-0.2, -0.15) is 0 Å². The zero-order chi connectivity index (χ0) is 30.4. The number of carbonyl (C=O) groups is 3. The van der Waals surface area contributed by atoms with Crippen molar-refractivity contribution < 1.29 is 24.2 Å². The van der Waals surface area contributed by atoms with Crippen LogP contribution in [0.15, 0.2) is 66.9 Å². The number of nitrogens with zero attached hydrogens (tertiary/aromatic N) is 2. The minimum Gasteiger partial charge on any atom is -0.485 e. The number of aromatic nitrogens is 2. The van der Waals surface area contributed by atoms with Crippen LogP contribution in [0, 0.1) is 10.8 Å². The van der Waals surface area contributed by atoms with E-state index in [0.29, 0.717) is 27.4 Å². The molecule has 0 radical (unpaired) electrons. The van der Waals surface area contributed by atoms with Crippen LogP contribution in [0.2, 0.25) is 5.02 Å². The number of carboxylic acid groups (broad SMARTS) is 1. The lowest BCUT2D eigenvalue weighted by Gasteiger charge is -2.22. The van der Waals surface area contributed by atoms with E-state index in [1.165, 1.54) is 0 Å². The number of ketones is 2. The average Bonchev–Trinajstić information content (AvgIpc) is 3.48. The fourth-order valence-corrected chi connectivity index (χ4v) is 5.80. The highest BCUT2D eigenvalue weighted by Gasteiger charge is 2.37. The maximum atomic E-state index is 14.1. The van der Waals surface area contributed by atoms with E-state index in [9.17, 15) is 19.5 Å². The van der Waals surface area contributed by atoms with Gasteiger partial charge in [-0.15, -0.1) is 11.3 Å². The molecular formula is C33H31ClN2O5S. The number of ether oxygens (including phenoxy) is 1. The topological polar surface area (TPSA) is 98.0 Å². The van der Waals surface area contributed by atoms with Crippen molar-refractivity contribution in [2.24, 2.45) is 10.8 Å². The number of para-hydroxylation sites is 1. The first-order chi connectivity index (χ1) is 19.8. The molecule has 0 atom stereocenters. The van der Waals surface area contributed by atoms with E-state index < -0.39 is 16.8 Å². The lowest BCUT2D eigenvalue weighted by Crippen LogP contribution is -2.29. The summed E-state index contributed by atoms with van der Waals surface area (Å²) in [7, 11) is 0. The molecule has 0 saturated carbocycles. The van der Waals surface area contributed by atoms with Gasteiger partial charge in [0.1, 0.15) is 17.4 Å². The molecule has 0 saturated heterocycles. The van der Waals surface area contributed by atoms with Crippen LogP contribution in [0.1, 0.15) is 71.6 Å². The van der Waals surface area contributed by atoms with Gasteiger partial charge < -0.3 is 14.2 Å². The summed E-state index contributed by atoms with van der Waals surface area (Å²) in [6.07, 6.45) is 1.66. The number of benzene rings is 2. The number of Topliss-reactive ketones (excluding diaryl/α,β-unsaturated/α-hetero) is 1. The molecule has 0 spiro atoms. The summed E-state index contributed by atoms with van der Waals surface area (Å²) in [5.41, 5.74) is 0.667. The van der Waals surface area contributed by atoms with Gasteiger partial charge in [-0.3, -0.25) is 14.4 Å². The monoisotopic (exact) mass is 602 g/mol. The molecule has 3 aromatic heterocycles. The molecule has 2 aromatic carbocycles. The summed E-state index contributed by atoms with van der Waals surface area (Å²) >= 11 is 7.62. The van der Waals surface area contributed by atoms with E-state index in [4.69, 9.17) is 16.3 Å². The summed E-state index contributed by atoms with van der Waals surface area (Å²) < 4.78 is 8.86. The van der Waals surface area contributed by atoms with Gasteiger partial charge in [0.15, 0.2) is 11.6 Å². The molecule has 0 aliphatic heterocycles. The van der Waals surface area contributed by atoms with Gasteiger partial charge >= 0.3 is 5.97 Å². The number of aliphatic carboxylic acids is 1. The second kappa shape index (κ2) is 11.0. The van der Waals surface area contributed by atoms with Crippen LogP contribution in [0.25, 0.3) is 15.7 Å². The summed E-state index contributed by atoms with van der Waals surface area (Å²) in [5, 5.41) is 11.3. The van der Waals surface area contributed by atoms with E-state index in [-0.39, 0.29) is 35.9 Å². The molecule has 0 bridgehead atoms. The standard InChI is InChI=1S/C33H31ClN2O5S/c1-32(2,3)30(38)28-22(16-33(4,5)31(39)40)27(29(37)19-10-12-20(34)13-11-19)24-15-14-21(17-36(24)28)41-18-26-35-23-8-6-7-9-25(23)42-26/h6-15,17H,16,18H2,1-5H3,(H,39,40). The SMILES string of the molecule is CC(C)(C)C(=O)c1c(CC(C)(C)C(=O)O)c(C(=O)c2ccc(Cl)cc2)c2ccc(OCc3nc4ccccc4s3)cn12. The zero-order valence-corrected chi connectivity index (χ0v) is 25.6. The Labute approximate surface area is 252 Å². The van der Waals surface area contributed by atoms with Crippen molar-refractivity contribution in [3.63, 3.8) is 0 Å². The van der Waals surface area contributed by atoms with Crippen molar-refractivity contribution in [2.75, 3.05) is 0 Å². The zero-order valence-electron chi connectivity index (χ0n) is 24.0. The summed E-state index contributed by atoms with van der Waals surface area (Å²) in [6.45, 7) is 8.81. The van der Waals surface area contributed by atoms with Crippen LogP contribution in [0.3, 0.4) is 0 Å². The second-order valence-corrected chi connectivity index (χ2v) is 13.5. The molecule has 0 aliphatic carbocycles. The number of carbonyl (C=O) groups excluding carboxylic acids is 2. The molecule has 0 unspecified atom stereocenters. The van der Waals surface area contributed by atoms with E-state index in [0.717, 1.165) is 15.2 Å². The third kappa shape index (κ3) is 5.69. The Hall–Kier alpha value is -4.01. The molecule has 42 heavy (non-hydrogen) atoms. The van der Waals surface area contributed by atoms with Crippen LogP contribution < -0.4 is 4.74 Å². The molecular weight excluding hydrogens is 572 g/mol. The molecule has 7 nitrogen and oxygen atoms in total. The molecule has 5 rings (SSSR count). The number of rotatable bonds is 9. The van der Waals surface area contributed by atoms with Crippen molar-refractivity contribution in [3.05, 3.63) is 99.3 Å². The Morgan fingerprint density at radius 3 is 2.31 bits per heavy atom. The van der Waals surface area contributed by atoms with Crippen molar-refractivity contribution in [3.8, 4) is 5.75 Å². The summed E-state index contributed by atoms with van der Waals surface area (Å²) in [4.78, 5) is 44.9. The fraction of sp³-hybridized carbons (Fsp3) is 0.273. The highest BCUT2D eigenvalue weighted by Crippen LogP contribution is 2.37. The normalized spacial score (nSPS) is 12.1. The summed E-state index contributed by atoms with van der Waals surface area (Å²) in [5.74, 6) is -1.09. The number of carboxylic acids is 1. The Bertz CT molecular complexity index is 1810. The third-order valence-corrected chi connectivity index (χ3v) is 8.40. The lowest BCUT2D eigenvalue weighted by molar-refractivity contribution is -0.146. The van der Waals surface area contributed by atoms with Gasteiger partial charge in [-0.25, -0.2) is 4.98 Å². The fourth-order valence-electron chi connectivity index (χ4n) is 4.79. The second-order valence-electron chi connectivity index (χ2n) is 12.0. The van der Waals surface area contributed by atoms with Crippen LogP contribution in [-0.4, -0.2) is 32.0 Å². The first kappa shape index (κ1) is 29.5. The van der Waals surface area contributed by atoms with E-state index in [2.05, 4.69) is 4.98 Å². The number of hydrogen-bond acceptors (Lipinski definition) is 6. The van der Waals surface area contributed by atoms with E-state index >= 15 is 0 Å². The van der Waals surface area contributed by atoms with Crippen LogP contribution in [0.5, 0.6) is 5.75 Å². The molecule has 3 heterocycles. The molecule has 0 fully saturated rings. The van der Waals surface area contributed by atoms with Crippen molar-refractivity contribution >= 4 is 56.2 Å². The Morgan fingerprint density at radius 2 is 1.67 bits per heavy atom. The number of pyridine rings is 1. The predicted octanol–water partition coefficient (Wildman–Crippen LogP) is 7.89. The maximum absolute atomic E-state index is 14.1. The Balaban J connectivity index is 1.68. The van der Waals surface area contributed by atoms with Gasteiger partial charge in [0.05, 0.1) is 38.6 Å². The maximum Gasteiger partial charge on any atom is 0.309 e. The largest absolute Gasteiger partial charge is 0.485 e. The molecule has 9 heteroatoms. The van der Waals surface area contributed by atoms with Crippen LogP contribution in [0.4, 0.5) is 0 Å². The first-order valence-electron chi connectivity index (χ1n) is 13.5. The number of fused-ring (bicyclic) bond motifs is 2. The van der Waals surface area contributed by atoms with Gasteiger partial charge in [0, 0.05) is 16.0 Å². The van der Waals surface area contributed by atoms with Crippen LogP contribution >= 0.6 is 22.9 Å². The summed E-state index contributed by atoms with van der Waals surface area (Å²) in [6, 6.07) is 17.9. The highest BCUT2D eigenvalue weighted by atomic mass is 35.5. The number of thiazole rings is 1. The van der Waals surface area contributed by atoms with Gasteiger partial charge in [-0.05, 0) is 74.4 Å². The third-order valence-electron chi connectivity index (χ3n) is 7.13. The van der Waals surface area contributed by atoms with Crippen molar-refractivity contribution in [2.45, 2.75) is 47.6 Å². The Morgan fingerprint density at radius 1 is 0.976 bits per heavy atom. The minimum atomic E-state index is -1.25. The molecule has 216 valence electrons. The first-order valence-corrected chi connectivity index (χ1v) is 14.7. The van der Waals surface area contributed by atoms with Gasteiger partial charge in [0.2, 0.25) is 0 Å². The number of halogens is 1. The smallest absolute Gasteiger partial charge is 0.309 e. The lowest BCUT2D eigenvalue weighted by atomic mass is 9.80.